The van der Waals surface area contributed by atoms with E-state index in [9.17, 15) is 4.57 Å². The maximum absolute atomic E-state index is 12.3. The smallest absolute Gasteiger partial charge is 0.310 e. The van der Waals surface area contributed by atoms with Crippen LogP contribution in [0.15, 0.2) is 42.5 Å². The fraction of sp³-hybridized carbons (Fsp3) is 0.200. The van der Waals surface area contributed by atoms with Gasteiger partial charge < -0.3 is 9.05 Å². The molecule has 100 valence electrons. The summed E-state index contributed by atoms with van der Waals surface area (Å²) in [5.41, 5.74) is 3.22. The van der Waals surface area contributed by atoms with Gasteiger partial charge in [0.1, 0.15) is 0 Å². The molecular weight excluding hydrogens is 345 g/mol. The first-order chi connectivity index (χ1) is 9.09. The van der Waals surface area contributed by atoms with Gasteiger partial charge in [0.25, 0.3) is 0 Å². The Balaban J connectivity index is 0.00000200. The van der Waals surface area contributed by atoms with Crippen LogP contribution >= 0.6 is 7.60 Å². The third-order valence-electron chi connectivity index (χ3n) is 2.95. The van der Waals surface area contributed by atoms with Crippen LogP contribution in [0.1, 0.15) is 5.56 Å². The van der Waals surface area contributed by atoms with E-state index in [1.807, 2.05) is 37.3 Å². The first kappa shape index (κ1) is 18.4. The molecule has 0 radical (unpaired) electrons. The average molecular weight is 361 g/mol. The van der Waals surface area contributed by atoms with Crippen molar-refractivity contribution in [3.8, 4) is 11.1 Å². The predicted molar refractivity (Wildman–Crippen MR) is 76.7 cm³/mol. The Morgan fingerprint density at radius 1 is 1.00 bits per heavy atom. The minimum absolute atomic E-state index is 0. The summed E-state index contributed by atoms with van der Waals surface area (Å²) in [4.78, 5) is 0. The second-order valence-corrected chi connectivity index (χ2v) is 6.40. The van der Waals surface area contributed by atoms with E-state index in [2.05, 4.69) is 6.07 Å². The number of aryl methyl sites for hydroxylation is 1. The Labute approximate surface area is 169 Å². The Kier molecular flexibility index (Phi) is 7.51. The first-order valence-electron chi connectivity index (χ1n) is 5.90. The number of rotatable bonds is 4. The number of hydrogen-bond donors (Lipinski definition) is 0. The van der Waals surface area contributed by atoms with Gasteiger partial charge in [0.15, 0.2) is 0 Å². The van der Waals surface area contributed by atoms with Gasteiger partial charge >= 0.3 is 65.8 Å². The van der Waals surface area contributed by atoms with Crippen molar-refractivity contribution in [2.75, 3.05) is 14.2 Å². The van der Waals surface area contributed by atoms with Gasteiger partial charge in [-0.25, -0.2) is 0 Å². The van der Waals surface area contributed by atoms with Crippen molar-refractivity contribution in [3.63, 3.8) is 0 Å². The minimum atomic E-state index is -3.25. The summed E-state index contributed by atoms with van der Waals surface area (Å²) in [5, 5.41) is 0.440. The minimum Gasteiger partial charge on any atom is -0.310 e. The summed E-state index contributed by atoms with van der Waals surface area (Å²) in [5.74, 6) is 0. The van der Waals surface area contributed by atoms with Gasteiger partial charge in [-0.3, -0.25) is 4.57 Å². The Morgan fingerprint density at radius 3 is 2.15 bits per heavy atom. The van der Waals surface area contributed by atoms with Crippen molar-refractivity contribution in [1.82, 2.24) is 0 Å². The molecule has 5 heteroatoms. The van der Waals surface area contributed by atoms with Gasteiger partial charge in [0, 0.05) is 14.2 Å². The molecule has 2 aromatic rings. The third kappa shape index (κ3) is 4.20. The molecule has 0 aliphatic rings. The molecule has 2 aromatic carbocycles. The molecule has 0 aliphatic heterocycles. The molecule has 0 atom stereocenters. The number of hydrogen-bond acceptors (Lipinski definition) is 3. The molecule has 0 amide bonds. The van der Waals surface area contributed by atoms with E-state index >= 15 is 0 Å². The Bertz CT molecular complexity index is 603. The summed E-state index contributed by atoms with van der Waals surface area (Å²) in [6.45, 7) is 2.04. The van der Waals surface area contributed by atoms with Crippen LogP contribution in [0.4, 0.5) is 0 Å². The second-order valence-electron chi connectivity index (χ2n) is 4.19. The van der Waals surface area contributed by atoms with Crippen LogP contribution in [0.3, 0.4) is 0 Å². The molecule has 0 heterocycles. The van der Waals surface area contributed by atoms with Crippen LogP contribution in [-0.2, 0) is 13.6 Å². The zero-order chi connectivity index (χ0) is 13.9. The second kappa shape index (κ2) is 8.14. The molecule has 3 nitrogen and oxygen atoms in total. The van der Waals surface area contributed by atoms with E-state index in [0.29, 0.717) is 5.30 Å². The van der Waals surface area contributed by atoms with Gasteiger partial charge in [-0.15, -0.1) is 11.6 Å². The molecular formula is C15H16O3PRb. The summed E-state index contributed by atoms with van der Waals surface area (Å²) >= 11 is 0. The Hall–Kier alpha value is 0.395. The van der Waals surface area contributed by atoms with Crippen LogP contribution in [0, 0.1) is 13.0 Å². The van der Waals surface area contributed by atoms with E-state index in [4.69, 9.17) is 9.05 Å². The van der Waals surface area contributed by atoms with Gasteiger partial charge in [0.05, 0.1) is 0 Å². The molecule has 0 saturated carbocycles. The van der Waals surface area contributed by atoms with E-state index in [1.165, 1.54) is 19.8 Å². The molecule has 2 rings (SSSR count). The quantitative estimate of drug-likeness (QED) is 0.591. The Morgan fingerprint density at radius 2 is 1.60 bits per heavy atom. The third-order valence-corrected chi connectivity index (χ3v) is 4.76. The fourth-order valence-electron chi connectivity index (χ4n) is 1.81. The first-order valence-corrected chi connectivity index (χ1v) is 7.44. The van der Waals surface area contributed by atoms with E-state index in [1.54, 1.807) is 12.1 Å². The van der Waals surface area contributed by atoms with Crippen LogP contribution in [-0.4, -0.2) is 14.2 Å². The van der Waals surface area contributed by atoms with Gasteiger partial charge in [-0.1, -0.05) is 29.8 Å². The van der Waals surface area contributed by atoms with Crippen LogP contribution < -0.4 is 63.5 Å². The fourth-order valence-corrected chi connectivity index (χ4v) is 2.88. The summed E-state index contributed by atoms with van der Waals surface area (Å²) < 4.78 is 22.3. The molecule has 20 heavy (non-hydrogen) atoms. The standard InChI is InChI=1S/C15H16O3P.Rb/c1-12-7-9-13(10-8-12)14-5-4-6-15(11-14)19(16,17-2)18-3;/h4-5,7-11H,1-3H3;/q-1;+1. The van der Waals surface area contributed by atoms with Gasteiger partial charge in [-0.05, 0) is 17.8 Å². The molecule has 0 bridgehead atoms. The maximum Gasteiger partial charge on any atom is 1.00 e. The van der Waals surface area contributed by atoms with Crippen LogP contribution in [0.5, 0.6) is 0 Å². The van der Waals surface area contributed by atoms with Crippen molar-refractivity contribution in [1.29, 1.82) is 0 Å². The van der Waals surface area contributed by atoms with E-state index < -0.39 is 7.60 Å². The van der Waals surface area contributed by atoms with Crippen molar-refractivity contribution < 1.29 is 71.8 Å². The summed E-state index contributed by atoms with van der Waals surface area (Å²) in [7, 11) is -0.503. The van der Waals surface area contributed by atoms with Gasteiger partial charge in [0.2, 0.25) is 0 Å². The van der Waals surface area contributed by atoms with Crippen LogP contribution in [0.25, 0.3) is 11.1 Å². The van der Waals surface area contributed by atoms with Crippen molar-refractivity contribution in [2.24, 2.45) is 0 Å². The molecule has 0 spiro atoms. The average Bonchev–Trinajstić information content (AvgIpc) is 2.47. The van der Waals surface area contributed by atoms with Crippen LogP contribution in [0.2, 0.25) is 0 Å². The molecule has 0 saturated heterocycles. The topological polar surface area (TPSA) is 35.5 Å². The van der Waals surface area contributed by atoms with Crippen molar-refractivity contribution in [3.05, 3.63) is 54.1 Å². The van der Waals surface area contributed by atoms with E-state index in [-0.39, 0.29) is 58.2 Å². The monoisotopic (exact) mass is 360 g/mol. The van der Waals surface area contributed by atoms with Crippen molar-refractivity contribution in [2.45, 2.75) is 6.92 Å². The number of benzene rings is 2. The zero-order valence-corrected chi connectivity index (χ0v) is 18.0. The maximum atomic E-state index is 12.3. The molecule has 0 N–H and O–H groups in total. The zero-order valence-electron chi connectivity index (χ0n) is 12.2. The molecule has 0 aromatic heterocycles. The molecule has 0 unspecified atom stereocenters. The van der Waals surface area contributed by atoms with Gasteiger partial charge in [-0.2, -0.15) is 18.2 Å². The SMILES string of the molecule is COP(=O)(OC)c1[c-]ccc(-c2ccc(C)cc2)c1.[Rb+]. The largest absolute Gasteiger partial charge is 1.00 e. The molecule has 0 aliphatic carbocycles. The predicted octanol–water partition coefficient (Wildman–Crippen LogP) is 0.577. The van der Waals surface area contributed by atoms with Crippen molar-refractivity contribution >= 4 is 12.9 Å². The molecule has 0 fully saturated rings. The summed E-state index contributed by atoms with van der Waals surface area (Å²) in [6.07, 6.45) is 0. The summed E-state index contributed by atoms with van der Waals surface area (Å²) in [6, 6.07) is 16.5. The normalized spacial score (nSPS) is 10.9. The van der Waals surface area contributed by atoms with E-state index in [0.717, 1.165) is 11.1 Å².